The maximum Gasteiger partial charge on any atom is 0.271 e. The molecular weight excluding hydrogens is 400 g/mol. The molecule has 1 amide bonds. The number of carbonyl (C=O) groups excluding carboxylic acids is 1. The molecule has 2 aromatic heterocycles. The molecule has 5 aromatic rings. The van der Waals surface area contributed by atoms with Crippen molar-refractivity contribution in [3.8, 4) is 22.5 Å². The first-order chi connectivity index (χ1) is 14.5. The van der Waals surface area contributed by atoms with E-state index in [-0.39, 0.29) is 11.4 Å². The summed E-state index contributed by atoms with van der Waals surface area (Å²) in [5, 5.41) is 9.41. The van der Waals surface area contributed by atoms with Crippen molar-refractivity contribution in [2.24, 2.45) is 5.73 Å². The zero-order valence-electron chi connectivity index (χ0n) is 15.6. The van der Waals surface area contributed by atoms with Crippen LogP contribution in [0.1, 0.15) is 10.5 Å². The van der Waals surface area contributed by atoms with Gasteiger partial charge in [-0.05, 0) is 29.8 Å². The minimum atomic E-state index is -0.709. The van der Waals surface area contributed by atoms with Crippen LogP contribution in [0.25, 0.3) is 44.5 Å². The van der Waals surface area contributed by atoms with Crippen molar-refractivity contribution in [3.05, 3.63) is 71.4 Å². The summed E-state index contributed by atoms with van der Waals surface area (Å²) in [6, 6.07) is 19.0. The van der Waals surface area contributed by atoms with Crippen molar-refractivity contribution in [2.45, 2.75) is 0 Å². The second-order valence-corrected chi connectivity index (χ2v) is 7.29. The number of fused-ring (bicyclic) bond motifs is 2. The molecule has 5 rings (SSSR count). The lowest BCUT2D eigenvalue weighted by Gasteiger charge is -2.09. The third-order valence-corrected chi connectivity index (χ3v) is 5.19. The van der Waals surface area contributed by atoms with Crippen molar-refractivity contribution in [3.63, 3.8) is 0 Å². The predicted molar refractivity (Wildman–Crippen MR) is 118 cm³/mol. The fourth-order valence-corrected chi connectivity index (χ4v) is 3.70. The average Bonchev–Trinajstić information content (AvgIpc) is 3.17. The first kappa shape index (κ1) is 18.1. The summed E-state index contributed by atoms with van der Waals surface area (Å²) in [6.07, 6.45) is 0. The first-order valence-corrected chi connectivity index (χ1v) is 9.50. The summed E-state index contributed by atoms with van der Waals surface area (Å²) < 4.78 is 0. The lowest BCUT2D eigenvalue weighted by atomic mass is 10.0. The van der Waals surface area contributed by atoms with E-state index in [2.05, 4.69) is 20.2 Å². The van der Waals surface area contributed by atoms with Crippen LogP contribution in [-0.4, -0.2) is 26.1 Å². The molecule has 0 bridgehead atoms. The highest BCUT2D eigenvalue weighted by Crippen LogP contribution is 2.32. The number of halogens is 1. The zero-order valence-corrected chi connectivity index (χ0v) is 16.3. The predicted octanol–water partition coefficient (Wildman–Crippen LogP) is 4.17. The van der Waals surface area contributed by atoms with E-state index < -0.39 is 5.91 Å². The summed E-state index contributed by atoms with van der Waals surface area (Å²) in [5.41, 5.74) is 16.6. The number of nitrogens with zero attached hydrogens (tertiary/aromatic N) is 3. The second kappa shape index (κ2) is 6.82. The number of imidazole rings is 1. The lowest BCUT2D eigenvalue weighted by Crippen LogP contribution is -2.16. The topological polar surface area (TPSA) is 124 Å². The SMILES string of the molecule is NC(=O)c1nnc2c(-c3ccc4nc(-c5cccc(Cl)c5)[nH]c4c3)cccc2c1N. The number of hydrogen-bond acceptors (Lipinski definition) is 5. The van der Waals surface area contributed by atoms with Crippen LogP contribution in [0.4, 0.5) is 5.69 Å². The Hall–Kier alpha value is -3.97. The molecule has 5 N–H and O–H groups in total. The first-order valence-electron chi connectivity index (χ1n) is 9.12. The third kappa shape index (κ3) is 2.92. The van der Waals surface area contributed by atoms with Gasteiger partial charge < -0.3 is 16.5 Å². The highest BCUT2D eigenvalue weighted by molar-refractivity contribution is 6.30. The van der Waals surface area contributed by atoms with E-state index in [0.717, 1.165) is 33.5 Å². The van der Waals surface area contributed by atoms with Gasteiger partial charge in [0, 0.05) is 21.5 Å². The average molecular weight is 415 g/mol. The van der Waals surface area contributed by atoms with Gasteiger partial charge in [0.1, 0.15) is 11.3 Å². The van der Waals surface area contributed by atoms with Crippen LogP contribution in [0.5, 0.6) is 0 Å². The molecule has 3 aromatic carbocycles. The number of carbonyl (C=O) groups is 1. The Morgan fingerprint density at radius 1 is 0.967 bits per heavy atom. The molecule has 30 heavy (non-hydrogen) atoms. The lowest BCUT2D eigenvalue weighted by molar-refractivity contribution is 0.0996. The highest BCUT2D eigenvalue weighted by Gasteiger charge is 2.16. The molecule has 0 aliphatic carbocycles. The molecule has 2 heterocycles. The van der Waals surface area contributed by atoms with Gasteiger partial charge in [-0.2, -0.15) is 0 Å². The number of hydrogen-bond donors (Lipinski definition) is 3. The highest BCUT2D eigenvalue weighted by atomic mass is 35.5. The van der Waals surface area contributed by atoms with Gasteiger partial charge in [-0.15, -0.1) is 10.2 Å². The molecule has 0 unspecified atom stereocenters. The van der Waals surface area contributed by atoms with Crippen LogP contribution < -0.4 is 11.5 Å². The Labute approximate surface area is 175 Å². The Balaban J connectivity index is 1.65. The minimum Gasteiger partial charge on any atom is -0.396 e. The molecule has 0 saturated carbocycles. The van der Waals surface area contributed by atoms with E-state index in [9.17, 15) is 4.79 Å². The zero-order chi connectivity index (χ0) is 20.8. The van der Waals surface area contributed by atoms with E-state index in [4.69, 9.17) is 23.1 Å². The van der Waals surface area contributed by atoms with Crippen molar-refractivity contribution in [1.29, 1.82) is 0 Å². The largest absolute Gasteiger partial charge is 0.396 e. The van der Waals surface area contributed by atoms with Crippen molar-refractivity contribution in [2.75, 3.05) is 5.73 Å². The van der Waals surface area contributed by atoms with Gasteiger partial charge >= 0.3 is 0 Å². The monoisotopic (exact) mass is 414 g/mol. The van der Waals surface area contributed by atoms with Crippen LogP contribution in [-0.2, 0) is 0 Å². The van der Waals surface area contributed by atoms with Crippen molar-refractivity contribution >= 4 is 45.1 Å². The van der Waals surface area contributed by atoms with Gasteiger partial charge in [0.15, 0.2) is 5.69 Å². The standard InChI is InChI=1S/C22H15ClN6O/c23-13-4-1-3-12(9-13)22-26-16-8-7-11(10-17(16)27-22)14-5-2-6-15-18(24)20(21(25)30)29-28-19(14)15/h1-10H,(H2,24,28)(H2,25,30)(H,26,27). The number of nitrogen functional groups attached to an aromatic ring is 1. The number of aromatic nitrogens is 4. The molecule has 0 atom stereocenters. The molecule has 0 aliphatic rings. The number of H-pyrrole nitrogens is 1. The molecular formula is C22H15ClN6O. The van der Waals surface area contributed by atoms with Gasteiger partial charge in [0.2, 0.25) is 0 Å². The Morgan fingerprint density at radius 3 is 2.60 bits per heavy atom. The van der Waals surface area contributed by atoms with Gasteiger partial charge in [0.25, 0.3) is 5.91 Å². The minimum absolute atomic E-state index is 0.0326. The van der Waals surface area contributed by atoms with E-state index in [1.807, 2.05) is 54.6 Å². The maximum absolute atomic E-state index is 11.5. The summed E-state index contributed by atoms with van der Waals surface area (Å²) in [6.45, 7) is 0. The number of nitrogens with one attached hydrogen (secondary N) is 1. The molecule has 0 radical (unpaired) electrons. The maximum atomic E-state index is 11.5. The Bertz CT molecular complexity index is 1460. The third-order valence-electron chi connectivity index (χ3n) is 4.96. The van der Waals surface area contributed by atoms with Crippen molar-refractivity contribution < 1.29 is 4.79 Å². The summed E-state index contributed by atoms with van der Waals surface area (Å²) in [7, 11) is 0. The number of primary amides is 1. The Morgan fingerprint density at radius 2 is 1.80 bits per heavy atom. The van der Waals surface area contributed by atoms with Gasteiger partial charge in [-0.1, -0.05) is 48.0 Å². The number of benzene rings is 3. The molecule has 0 saturated heterocycles. The van der Waals surface area contributed by atoms with Crippen LogP contribution >= 0.6 is 11.6 Å². The summed E-state index contributed by atoms with van der Waals surface area (Å²) in [4.78, 5) is 19.5. The summed E-state index contributed by atoms with van der Waals surface area (Å²) in [5.74, 6) is 0.0254. The molecule has 0 aliphatic heterocycles. The van der Waals surface area contributed by atoms with Crippen molar-refractivity contribution in [1.82, 2.24) is 20.2 Å². The van der Waals surface area contributed by atoms with Crippen LogP contribution in [0.15, 0.2) is 60.7 Å². The van der Waals surface area contributed by atoms with Crippen LogP contribution in [0.3, 0.4) is 0 Å². The number of aromatic amines is 1. The van der Waals surface area contributed by atoms with Crippen LogP contribution in [0, 0.1) is 0 Å². The quantitative estimate of drug-likeness (QED) is 0.408. The smallest absolute Gasteiger partial charge is 0.271 e. The number of amides is 1. The van der Waals surface area contributed by atoms with Gasteiger partial charge in [-0.3, -0.25) is 4.79 Å². The summed E-state index contributed by atoms with van der Waals surface area (Å²) >= 11 is 6.10. The van der Waals surface area contributed by atoms with E-state index in [1.165, 1.54) is 0 Å². The molecule has 7 nitrogen and oxygen atoms in total. The van der Waals surface area contributed by atoms with E-state index >= 15 is 0 Å². The molecule has 8 heteroatoms. The number of nitrogens with two attached hydrogens (primary N) is 2. The normalized spacial score (nSPS) is 11.2. The van der Waals surface area contributed by atoms with Gasteiger partial charge in [-0.25, -0.2) is 4.98 Å². The fourth-order valence-electron chi connectivity index (χ4n) is 3.51. The Kier molecular flexibility index (Phi) is 4.11. The van der Waals surface area contributed by atoms with Gasteiger partial charge in [0.05, 0.1) is 16.7 Å². The molecule has 0 fully saturated rings. The molecule has 146 valence electrons. The second-order valence-electron chi connectivity index (χ2n) is 6.86. The number of rotatable bonds is 3. The van der Waals surface area contributed by atoms with E-state index in [1.54, 1.807) is 6.07 Å². The molecule has 0 spiro atoms. The van der Waals surface area contributed by atoms with Crippen LogP contribution in [0.2, 0.25) is 5.02 Å². The fraction of sp³-hybridized carbons (Fsp3) is 0. The van der Waals surface area contributed by atoms with E-state index in [0.29, 0.717) is 15.9 Å². The number of anilines is 1.